The molecule has 2 aromatic rings. The molecule has 1 saturated carbocycles. The SMILES string of the molecule is CCN(CC)C(=O)c1cn(C2CCC(NS(=O)(=O)c3cc(OC)ccc3OC)CC2)nn1. The van der Waals surface area contributed by atoms with Gasteiger partial charge < -0.3 is 14.4 Å². The van der Waals surface area contributed by atoms with E-state index in [2.05, 4.69) is 15.0 Å². The Hall–Kier alpha value is -2.66. The summed E-state index contributed by atoms with van der Waals surface area (Å²) in [4.78, 5) is 14.2. The molecule has 1 heterocycles. The molecule has 0 radical (unpaired) electrons. The average Bonchev–Trinajstić information content (AvgIpc) is 3.30. The number of rotatable bonds is 9. The van der Waals surface area contributed by atoms with E-state index in [1.165, 1.54) is 20.3 Å². The number of carbonyl (C=O) groups is 1. The fraction of sp³-hybridized carbons (Fsp3) is 0.571. The number of ether oxygens (including phenoxy) is 2. The predicted octanol–water partition coefficient (Wildman–Crippen LogP) is 2.24. The number of hydrogen-bond donors (Lipinski definition) is 1. The summed E-state index contributed by atoms with van der Waals surface area (Å²) in [6.45, 7) is 5.08. The summed E-state index contributed by atoms with van der Waals surface area (Å²) < 4.78 is 40.9. The molecule has 0 bridgehead atoms. The second-order valence-electron chi connectivity index (χ2n) is 7.70. The number of methoxy groups -OCH3 is 2. The van der Waals surface area contributed by atoms with Crippen molar-refractivity contribution < 1.29 is 22.7 Å². The maximum Gasteiger partial charge on any atom is 0.276 e. The number of aromatic nitrogens is 3. The number of sulfonamides is 1. The molecule has 176 valence electrons. The van der Waals surface area contributed by atoms with Crippen LogP contribution in [-0.4, -0.2) is 67.6 Å². The Morgan fingerprint density at radius 2 is 1.84 bits per heavy atom. The van der Waals surface area contributed by atoms with Crippen molar-refractivity contribution >= 4 is 15.9 Å². The highest BCUT2D eigenvalue weighted by atomic mass is 32.2. The summed E-state index contributed by atoms with van der Waals surface area (Å²) in [5, 5.41) is 8.20. The maximum atomic E-state index is 13.0. The fourth-order valence-corrected chi connectivity index (χ4v) is 5.45. The van der Waals surface area contributed by atoms with Crippen molar-refractivity contribution in [1.82, 2.24) is 24.6 Å². The number of benzene rings is 1. The number of hydrogen-bond acceptors (Lipinski definition) is 7. The van der Waals surface area contributed by atoms with Gasteiger partial charge in [-0.25, -0.2) is 17.8 Å². The average molecular weight is 466 g/mol. The zero-order valence-corrected chi connectivity index (χ0v) is 19.8. The van der Waals surface area contributed by atoms with Gasteiger partial charge >= 0.3 is 0 Å². The third-order valence-corrected chi connectivity index (χ3v) is 7.37. The molecular formula is C21H31N5O5S. The molecule has 1 fully saturated rings. The summed E-state index contributed by atoms with van der Waals surface area (Å²) in [5.74, 6) is 0.575. The lowest BCUT2D eigenvalue weighted by Crippen LogP contribution is -2.38. The largest absolute Gasteiger partial charge is 0.497 e. The van der Waals surface area contributed by atoms with E-state index in [1.54, 1.807) is 27.9 Å². The van der Waals surface area contributed by atoms with Crippen molar-refractivity contribution in [1.29, 1.82) is 0 Å². The van der Waals surface area contributed by atoms with Crippen molar-refractivity contribution in [2.45, 2.75) is 56.5 Å². The lowest BCUT2D eigenvalue weighted by atomic mass is 9.92. The predicted molar refractivity (Wildman–Crippen MR) is 118 cm³/mol. The van der Waals surface area contributed by atoms with Crippen LogP contribution < -0.4 is 14.2 Å². The summed E-state index contributed by atoms with van der Waals surface area (Å²) in [7, 11) is -0.862. The van der Waals surface area contributed by atoms with Crippen molar-refractivity contribution in [3.63, 3.8) is 0 Å². The Labute approximate surface area is 188 Å². The normalized spacial score (nSPS) is 18.9. The van der Waals surface area contributed by atoms with Gasteiger partial charge in [0.2, 0.25) is 10.0 Å². The van der Waals surface area contributed by atoms with Crippen LogP contribution in [0.1, 0.15) is 56.1 Å². The van der Waals surface area contributed by atoms with E-state index in [0.29, 0.717) is 37.4 Å². The first-order valence-electron chi connectivity index (χ1n) is 10.8. The van der Waals surface area contributed by atoms with Gasteiger partial charge in [0, 0.05) is 25.2 Å². The van der Waals surface area contributed by atoms with Gasteiger partial charge in [-0.1, -0.05) is 5.21 Å². The molecule has 1 aromatic carbocycles. The van der Waals surface area contributed by atoms with Crippen LogP contribution in [0.5, 0.6) is 11.5 Å². The molecule has 1 aliphatic carbocycles. The molecule has 0 unspecified atom stereocenters. The summed E-state index contributed by atoms with van der Waals surface area (Å²) in [6.07, 6.45) is 4.44. The van der Waals surface area contributed by atoms with E-state index in [0.717, 1.165) is 12.8 Å². The van der Waals surface area contributed by atoms with Gasteiger partial charge in [0.25, 0.3) is 5.91 Å². The number of carbonyl (C=O) groups excluding carboxylic acids is 1. The molecule has 1 amide bonds. The molecule has 11 heteroatoms. The van der Waals surface area contributed by atoms with Gasteiger partial charge in [-0.15, -0.1) is 5.10 Å². The first kappa shape index (κ1) is 24.0. The van der Waals surface area contributed by atoms with Crippen LogP contribution in [0, 0.1) is 0 Å². The van der Waals surface area contributed by atoms with E-state index in [1.807, 2.05) is 13.8 Å². The molecule has 32 heavy (non-hydrogen) atoms. The van der Waals surface area contributed by atoms with Crippen molar-refractivity contribution in [3.8, 4) is 11.5 Å². The first-order valence-corrected chi connectivity index (χ1v) is 12.3. The van der Waals surface area contributed by atoms with Crippen LogP contribution in [0.15, 0.2) is 29.3 Å². The van der Waals surface area contributed by atoms with Gasteiger partial charge in [-0.3, -0.25) is 4.79 Å². The Morgan fingerprint density at radius 1 is 1.16 bits per heavy atom. The molecule has 1 N–H and O–H groups in total. The van der Waals surface area contributed by atoms with Crippen LogP contribution in [-0.2, 0) is 10.0 Å². The second kappa shape index (κ2) is 10.3. The molecule has 0 spiro atoms. The summed E-state index contributed by atoms with van der Waals surface area (Å²) in [5.41, 5.74) is 0.335. The van der Waals surface area contributed by atoms with Gasteiger partial charge in [0.05, 0.1) is 26.5 Å². The first-order chi connectivity index (χ1) is 15.3. The molecule has 1 aromatic heterocycles. The Bertz CT molecular complexity index is 1030. The van der Waals surface area contributed by atoms with Gasteiger partial charge in [0.1, 0.15) is 16.4 Å². The molecule has 10 nitrogen and oxygen atoms in total. The summed E-state index contributed by atoms with van der Waals surface area (Å²) in [6, 6.07) is 4.56. The molecule has 1 aliphatic rings. The quantitative estimate of drug-likeness (QED) is 0.604. The molecule has 0 aliphatic heterocycles. The van der Waals surface area contributed by atoms with E-state index in [-0.39, 0.29) is 28.6 Å². The minimum Gasteiger partial charge on any atom is -0.497 e. The van der Waals surface area contributed by atoms with Gasteiger partial charge in [-0.2, -0.15) is 0 Å². The van der Waals surface area contributed by atoms with E-state index in [9.17, 15) is 13.2 Å². The van der Waals surface area contributed by atoms with Crippen LogP contribution in [0.2, 0.25) is 0 Å². The lowest BCUT2D eigenvalue weighted by Gasteiger charge is -2.29. The van der Waals surface area contributed by atoms with E-state index < -0.39 is 10.0 Å². The number of nitrogens with zero attached hydrogens (tertiary/aromatic N) is 4. The number of nitrogens with one attached hydrogen (secondary N) is 1. The van der Waals surface area contributed by atoms with E-state index >= 15 is 0 Å². The minimum atomic E-state index is -3.78. The topological polar surface area (TPSA) is 116 Å². The molecule has 3 rings (SSSR count). The van der Waals surface area contributed by atoms with Crippen LogP contribution >= 0.6 is 0 Å². The third kappa shape index (κ3) is 5.21. The Kier molecular flexibility index (Phi) is 7.73. The zero-order chi connectivity index (χ0) is 23.3. The Balaban J connectivity index is 1.64. The van der Waals surface area contributed by atoms with Crippen LogP contribution in [0.25, 0.3) is 0 Å². The van der Waals surface area contributed by atoms with Gasteiger partial charge in [-0.05, 0) is 51.7 Å². The minimum absolute atomic E-state index is 0.0531. The van der Waals surface area contributed by atoms with Crippen molar-refractivity contribution in [2.75, 3.05) is 27.3 Å². The monoisotopic (exact) mass is 465 g/mol. The second-order valence-corrected chi connectivity index (χ2v) is 9.39. The van der Waals surface area contributed by atoms with Crippen LogP contribution in [0.3, 0.4) is 0 Å². The summed E-state index contributed by atoms with van der Waals surface area (Å²) >= 11 is 0. The highest BCUT2D eigenvalue weighted by Gasteiger charge is 2.29. The van der Waals surface area contributed by atoms with Gasteiger partial charge in [0.15, 0.2) is 5.69 Å². The number of amides is 1. The lowest BCUT2D eigenvalue weighted by molar-refractivity contribution is 0.0767. The maximum absolute atomic E-state index is 13.0. The molecule has 0 atom stereocenters. The Morgan fingerprint density at radius 3 is 2.44 bits per heavy atom. The van der Waals surface area contributed by atoms with E-state index in [4.69, 9.17) is 9.47 Å². The third-order valence-electron chi connectivity index (χ3n) is 5.83. The standard InChI is InChI=1S/C21H31N5O5S/c1-5-25(6-2)21(27)18-14-26(24-22-18)16-9-7-15(8-10-16)23-32(28,29)20-13-17(30-3)11-12-19(20)31-4/h11-16,23H,5-10H2,1-4H3. The zero-order valence-electron chi connectivity index (χ0n) is 18.9. The van der Waals surface area contributed by atoms with Crippen LogP contribution in [0.4, 0.5) is 0 Å². The highest BCUT2D eigenvalue weighted by molar-refractivity contribution is 7.89. The highest BCUT2D eigenvalue weighted by Crippen LogP contribution is 2.31. The van der Waals surface area contributed by atoms with Crippen molar-refractivity contribution in [3.05, 3.63) is 30.1 Å². The molecular weight excluding hydrogens is 434 g/mol. The smallest absolute Gasteiger partial charge is 0.276 e. The fourth-order valence-electron chi connectivity index (χ4n) is 3.96. The molecule has 0 saturated heterocycles. The van der Waals surface area contributed by atoms with Crippen molar-refractivity contribution in [2.24, 2.45) is 0 Å².